The summed E-state index contributed by atoms with van der Waals surface area (Å²) in [6.07, 6.45) is 0. The van der Waals surface area contributed by atoms with E-state index in [9.17, 15) is 4.79 Å². The molecule has 6 heteroatoms. The number of carbonyl (C=O) groups excluding carboxylic acids is 1. The molecule has 0 aliphatic rings. The normalized spacial score (nSPS) is 10.4. The minimum atomic E-state index is -0.204. The van der Waals surface area contributed by atoms with Crippen LogP contribution in [0.15, 0.2) is 60.7 Å². The SMILES string of the molecule is Cc1ccc(OCC(=O)NCCOc2ccc(-c3ccc(C)cc3)nn2)cc1. The van der Waals surface area contributed by atoms with Crippen molar-refractivity contribution in [2.75, 3.05) is 19.8 Å². The van der Waals surface area contributed by atoms with E-state index < -0.39 is 0 Å². The molecule has 0 atom stereocenters. The van der Waals surface area contributed by atoms with Gasteiger partial charge in [0.15, 0.2) is 6.61 Å². The zero-order valence-corrected chi connectivity index (χ0v) is 16.0. The van der Waals surface area contributed by atoms with Gasteiger partial charge in [-0.15, -0.1) is 10.2 Å². The van der Waals surface area contributed by atoms with Crippen LogP contribution in [0.25, 0.3) is 11.3 Å². The van der Waals surface area contributed by atoms with Crippen molar-refractivity contribution in [1.29, 1.82) is 0 Å². The number of benzene rings is 2. The highest BCUT2D eigenvalue weighted by Gasteiger charge is 2.04. The summed E-state index contributed by atoms with van der Waals surface area (Å²) in [4.78, 5) is 11.8. The number of carbonyl (C=O) groups is 1. The largest absolute Gasteiger partial charge is 0.484 e. The van der Waals surface area contributed by atoms with E-state index in [1.807, 2.05) is 68.4 Å². The molecule has 0 aliphatic carbocycles. The van der Waals surface area contributed by atoms with Gasteiger partial charge in [0.25, 0.3) is 5.91 Å². The van der Waals surface area contributed by atoms with Gasteiger partial charge in [0.2, 0.25) is 5.88 Å². The molecular weight excluding hydrogens is 354 g/mol. The summed E-state index contributed by atoms with van der Waals surface area (Å²) in [6.45, 7) is 4.66. The van der Waals surface area contributed by atoms with E-state index >= 15 is 0 Å². The van der Waals surface area contributed by atoms with Crippen LogP contribution in [0.4, 0.5) is 0 Å². The van der Waals surface area contributed by atoms with Gasteiger partial charge in [-0.25, -0.2) is 0 Å². The first-order chi connectivity index (χ1) is 13.6. The fraction of sp³-hybridized carbons (Fsp3) is 0.227. The summed E-state index contributed by atoms with van der Waals surface area (Å²) in [5, 5.41) is 11.0. The molecule has 0 saturated heterocycles. The molecule has 6 nitrogen and oxygen atoms in total. The molecule has 0 saturated carbocycles. The molecule has 3 aromatic rings. The fourth-order valence-corrected chi connectivity index (χ4v) is 2.46. The number of amides is 1. The Morgan fingerprint density at radius 2 is 1.54 bits per heavy atom. The summed E-state index contributed by atoms with van der Waals surface area (Å²) in [6, 6.07) is 19.3. The number of ether oxygens (including phenoxy) is 2. The topological polar surface area (TPSA) is 73.3 Å². The second-order valence-electron chi connectivity index (χ2n) is 6.42. The second kappa shape index (κ2) is 9.50. The van der Waals surface area contributed by atoms with Crippen LogP contribution in [-0.2, 0) is 4.79 Å². The molecule has 0 radical (unpaired) electrons. The molecule has 0 spiro atoms. The molecule has 3 rings (SSSR count). The summed E-state index contributed by atoms with van der Waals surface area (Å²) in [7, 11) is 0. The van der Waals surface area contributed by atoms with Crippen molar-refractivity contribution in [3.8, 4) is 22.9 Å². The van der Waals surface area contributed by atoms with Crippen molar-refractivity contribution in [2.24, 2.45) is 0 Å². The molecule has 2 aromatic carbocycles. The highest BCUT2D eigenvalue weighted by molar-refractivity contribution is 5.77. The predicted octanol–water partition coefficient (Wildman–Crippen LogP) is 3.33. The molecule has 0 bridgehead atoms. The standard InChI is InChI=1S/C22H23N3O3/c1-16-3-7-18(8-4-16)20-11-12-22(25-24-20)27-14-13-23-21(26)15-28-19-9-5-17(2)6-10-19/h3-12H,13-15H2,1-2H3,(H,23,26). The van der Waals surface area contributed by atoms with Gasteiger partial charge >= 0.3 is 0 Å². The van der Waals surface area contributed by atoms with E-state index in [1.165, 1.54) is 5.56 Å². The van der Waals surface area contributed by atoms with Gasteiger partial charge in [0, 0.05) is 11.6 Å². The average Bonchev–Trinajstić information content (AvgIpc) is 2.72. The minimum absolute atomic E-state index is 0.0336. The lowest BCUT2D eigenvalue weighted by atomic mass is 10.1. The van der Waals surface area contributed by atoms with E-state index in [0.717, 1.165) is 16.8 Å². The fourth-order valence-electron chi connectivity index (χ4n) is 2.46. The van der Waals surface area contributed by atoms with Crippen molar-refractivity contribution < 1.29 is 14.3 Å². The highest BCUT2D eigenvalue weighted by Crippen LogP contribution is 2.18. The third kappa shape index (κ3) is 5.81. The van der Waals surface area contributed by atoms with Gasteiger partial charge in [-0.3, -0.25) is 4.79 Å². The Morgan fingerprint density at radius 1 is 0.857 bits per heavy atom. The molecule has 144 valence electrons. The van der Waals surface area contributed by atoms with Crippen LogP contribution in [-0.4, -0.2) is 35.9 Å². The van der Waals surface area contributed by atoms with Gasteiger partial charge in [-0.1, -0.05) is 47.5 Å². The Labute approximate surface area is 164 Å². The first-order valence-electron chi connectivity index (χ1n) is 9.10. The van der Waals surface area contributed by atoms with Gasteiger partial charge in [-0.05, 0) is 32.0 Å². The Balaban J connectivity index is 1.37. The molecule has 1 aromatic heterocycles. The van der Waals surface area contributed by atoms with Crippen LogP contribution in [0, 0.1) is 13.8 Å². The quantitative estimate of drug-likeness (QED) is 0.610. The number of hydrogen-bond acceptors (Lipinski definition) is 5. The average molecular weight is 377 g/mol. The predicted molar refractivity (Wildman–Crippen MR) is 107 cm³/mol. The molecule has 1 heterocycles. The summed E-state index contributed by atoms with van der Waals surface area (Å²) >= 11 is 0. The maximum atomic E-state index is 11.8. The molecule has 1 N–H and O–H groups in total. The Morgan fingerprint density at radius 3 is 2.18 bits per heavy atom. The van der Waals surface area contributed by atoms with Crippen LogP contribution in [0.1, 0.15) is 11.1 Å². The Hall–Kier alpha value is -3.41. The maximum absolute atomic E-state index is 11.8. The minimum Gasteiger partial charge on any atom is -0.484 e. The van der Waals surface area contributed by atoms with Crippen molar-refractivity contribution >= 4 is 5.91 Å². The molecule has 0 unspecified atom stereocenters. The number of rotatable bonds is 8. The van der Waals surface area contributed by atoms with Crippen molar-refractivity contribution in [1.82, 2.24) is 15.5 Å². The highest BCUT2D eigenvalue weighted by atomic mass is 16.5. The van der Waals surface area contributed by atoms with Crippen molar-refractivity contribution in [3.05, 3.63) is 71.8 Å². The number of aromatic nitrogens is 2. The number of hydrogen-bond donors (Lipinski definition) is 1. The summed E-state index contributed by atoms with van der Waals surface area (Å²) in [5.74, 6) is 0.881. The third-order valence-corrected chi connectivity index (χ3v) is 4.05. The van der Waals surface area contributed by atoms with Gasteiger partial charge in [0.05, 0.1) is 12.2 Å². The van der Waals surface area contributed by atoms with Crippen molar-refractivity contribution in [3.63, 3.8) is 0 Å². The van der Waals surface area contributed by atoms with Crippen LogP contribution in [0.3, 0.4) is 0 Å². The molecule has 0 fully saturated rings. The number of aryl methyl sites for hydroxylation is 2. The van der Waals surface area contributed by atoms with Gasteiger partial charge in [0.1, 0.15) is 12.4 Å². The zero-order valence-electron chi connectivity index (χ0n) is 16.0. The van der Waals surface area contributed by atoms with Crippen molar-refractivity contribution in [2.45, 2.75) is 13.8 Å². The Kier molecular flexibility index (Phi) is 6.57. The molecule has 0 aliphatic heterocycles. The number of nitrogens with zero attached hydrogens (tertiary/aromatic N) is 2. The third-order valence-electron chi connectivity index (χ3n) is 4.05. The molecule has 1 amide bonds. The molecular formula is C22H23N3O3. The van der Waals surface area contributed by atoms with Crippen LogP contribution < -0.4 is 14.8 Å². The van der Waals surface area contributed by atoms with E-state index in [1.54, 1.807) is 6.07 Å². The summed E-state index contributed by atoms with van der Waals surface area (Å²) < 4.78 is 10.9. The zero-order chi connectivity index (χ0) is 19.8. The first kappa shape index (κ1) is 19.4. The number of nitrogens with one attached hydrogen (secondary N) is 1. The first-order valence-corrected chi connectivity index (χ1v) is 9.10. The smallest absolute Gasteiger partial charge is 0.258 e. The molecule has 28 heavy (non-hydrogen) atoms. The summed E-state index contributed by atoms with van der Waals surface area (Å²) in [5.41, 5.74) is 4.13. The lowest BCUT2D eigenvalue weighted by Gasteiger charge is -2.09. The second-order valence-corrected chi connectivity index (χ2v) is 6.42. The van der Waals surface area contributed by atoms with E-state index in [-0.39, 0.29) is 12.5 Å². The lowest BCUT2D eigenvalue weighted by Crippen LogP contribution is -2.32. The van der Waals surface area contributed by atoms with Crippen LogP contribution >= 0.6 is 0 Å². The van der Waals surface area contributed by atoms with E-state index in [2.05, 4.69) is 15.5 Å². The lowest BCUT2D eigenvalue weighted by molar-refractivity contribution is -0.123. The van der Waals surface area contributed by atoms with Crippen LogP contribution in [0.2, 0.25) is 0 Å². The maximum Gasteiger partial charge on any atom is 0.258 e. The van der Waals surface area contributed by atoms with E-state index in [0.29, 0.717) is 24.8 Å². The monoisotopic (exact) mass is 377 g/mol. The van der Waals surface area contributed by atoms with Gasteiger partial charge < -0.3 is 14.8 Å². The van der Waals surface area contributed by atoms with Gasteiger partial charge in [-0.2, -0.15) is 0 Å². The van der Waals surface area contributed by atoms with Crippen LogP contribution in [0.5, 0.6) is 11.6 Å². The Bertz CT molecular complexity index is 892. The van der Waals surface area contributed by atoms with E-state index in [4.69, 9.17) is 9.47 Å².